The summed E-state index contributed by atoms with van der Waals surface area (Å²) in [4.78, 5) is 19.3. The summed E-state index contributed by atoms with van der Waals surface area (Å²) in [6.07, 6.45) is 1.76. The third-order valence-corrected chi connectivity index (χ3v) is 4.88. The molecule has 1 aliphatic heterocycles. The van der Waals surface area contributed by atoms with Crippen LogP contribution in [0.15, 0.2) is 18.2 Å². The van der Waals surface area contributed by atoms with E-state index < -0.39 is 11.6 Å². The molecule has 0 saturated carbocycles. The molecule has 2 N–H and O–H groups in total. The maximum absolute atomic E-state index is 13.5. The van der Waals surface area contributed by atoms with E-state index in [1.165, 1.54) is 17.4 Å². The molecule has 1 unspecified atom stereocenters. The van der Waals surface area contributed by atoms with E-state index in [1.807, 2.05) is 0 Å². The first-order chi connectivity index (χ1) is 11.0. The third-order valence-electron chi connectivity index (χ3n) is 3.86. The van der Waals surface area contributed by atoms with Crippen molar-refractivity contribution >= 4 is 17.2 Å². The minimum Gasteiger partial charge on any atom is -0.336 e. The number of likely N-dealkylation sites (tertiary alicyclic amines) is 1. The van der Waals surface area contributed by atoms with Gasteiger partial charge in [0.15, 0.2) is 11.6 Å². The highest BCUT2D eigenvalue weighted by Gasteiger charge is 2.27. The number of aryl methyl sites for hydroxylation is 1. The largest absolute Gasteiger partial charge is 0.336 e. The number of amides is 1. The Balaban J connectivity index is 1.97. The molecule has 3 rings (SSSR count). The number of halogens is 2. The van der Waals surface area contributed by atoms with Crippen LogP contribution in [0.1, 0.15) is 28.3 Å². The lowest BCUT2D eigenvalue weighted by Gasteiger charge is -2.30. The zero-order valence-electron chi connectivity index (χ0n) is 12.7. The summed E-state index contributed by atoms with van der Waals surface area (Å²) in [5, 5.41) is 0.703. The van der Waals surface area contributed by atoms with E-state index in [0.29, 0.717) is 28.5 Å². The second kappa shape index (κ2) is 6.33. The minimum absolute atomic E-state index is 0.0286. The van der Waals surface area contributed by atoms with Crippen molar-refractivity contribution in [3.63, 3.8) is 0 Å². The van der Waals surface area contributed by atoms with Gasteiger partial charge in [-0.1, -0.05) is 6.07 Å². The number of aromatic nitrogens is 1. The SMILES string of the molecule is Cc1nc(C(=O)N2CCCC(N)C2)c(-c2ccc(F)c(F)c2)s1. The first-order valence-corrected chi connectivity index (χ1v) is 8.25. The first-order valence-electron chi connectivity index (χ1n) is 7.43. The molecule has 1 fully saturated rings. The predicted octanol–water partition coefficient (Wildman–Crippen LogP) is 2.96. The Morgan fingerprint density at radius 3 is 2.87 bits per heavy atom. The quantitative estimate of drug-likeness (QED) is 0.916. The molecule has 4 nitrogen and oxygen atoms in total. The highest BCUT2D eigenvalue weighted by molar-refractivity contribution is 7.15. The third kappa shape index (κ3) is 3.25. The van der Waals surface area contributed by atoms with Crippen LogP contribution < -0.4 is 5.73 Å². The second-order valence-corrected chi connectivity index (χ2v) is 6.90. The molecule has 7 heteroatoms. The molecule has 23 heavy (non-hydrogen) atoms. The van der Waals surface area contributed by atoms with Gasteiger partial charge in [-0.25, -0.2) is 13.8 Å². The number of hydrogen-bond acceptors (Lipinski definition) is 4. The van der Waals surface area contributed by atoms with Crippen LogP contribution in [0, 0.1) is 18.6 Å². The molecular weight excluding hydrogens is 320 g/mol. The van der Waals surface area contributed by atoms with Crippen LogP contribution in [-0.2, 0) is 0 Å². The molecule has 0 bridgehead atoms. The van der Waals surface area contributed by atoms with Gasteiger partial charge in [-0.05, 0) is 37.5 Å². The molecule has 0 spiro atoms. The van der Waals surface area contributed by atoms with Crippen LogP contribution in [0.5, 0.6) is 0 Å². The van der Waals surface area contributed by atoms with Crippen molar-refractivity contribution in [1.29, 1.82) is 0 Å². The summed E-state index contributed by atoms with van der Waals surface area (Å²) in [5.41, 5.74) is 6.67. The molecule has 1 aromatic heterocycles. The Bertz CT molecular complexity index is 747. The monoisotopic (exact) mass is 337 g/mol. The minimum atomic E-state index is -0.938. The van der Waals surface area contributed by atoms with Crippen LogP contribution in [0.3, 0.4) is 0 Å². The number of nitrogens with zero attached hydrogens (tertiary/aromatic N) is 2. The van der Waals surface area contributed by atoms with Gasteiger partial charge >= 0.3 is 0 Å². The van der Waals surface area contributed by atoms with E-state index in [-0.39, 0.29) is 17.6 Å². The van der Waals surface area contributed by atoms with Crippen molar-refractivity contribution in [3.05, 3.63) is 40.5 Å². The lowest BCUT2D eigenvalue weighted by Crippen LogP contribution is -2.45. The van der Waals surface area contributed by atoms with E-state index in [9.17, 15) is 13.6 Å². The fraction of sp³-hybridized carbons (Fsp3) is 0.375. The van der Waals surface area contributed by atoms with Crippen LogP contribution in [0.2, 0.25) is 0 Å². The summed E-state index contributed by atoms with van der Waals surface area (Å²) in [6, 6.07) is 3.59. The Morgan fingerprint density at radius 2 is 2.17 bits per heavy atom. The van der Waals surface area contributed by atoms with Gasteiger partial charge in [-0.3, -0.25) is 4.79 Å². The van der Waals surface area contributed by atoms with Crippen molar-refractivity contribution in [2.24, 2.45) is 5.73 Å². The number of carbonyl (C=O) groups is 1. The van der Waals surface area contributed by atoms with E-state index >= 15 is 0 Å². The maximum Gasteiger partial charge on any atom is 0.274 e. The standard InChI is InChI=1S/C16H17F2N3OS/c1-9-20-14(16(22)21-6-2-3-11(19)8-21)15(23-9)10-4-5-12(17)13(18)7-10/h4-5,7,11H,2-3,6,8,19H2,1H3. The number of carbonyl (C=O) groups excluding carboxylic acids is 1. The molecule has 1 aromatic carbocycles. The van der Waals surface area contributed by atoms with Crippen molar-refractivity contribution in [1.82, 2.24) is 9.88 Å². The van der Waals surface area contributed by atoms with Gasteiger partial charge in [0.25, 0.3) is 5.91 Å². The smallest absolute Gasteiger partial charge is 0.274 e. The number of nitrogens with two attached hydrogens (primary N) is 1. The summed E-state index contributed by atoms with van der Waals surface area (Å²) < 4.78 is 26.6. The zero-order valence-corrected chi connectivity index (χ0v) is 13.5. The van der Waals surface area contributed by atoms with Gasteiger partial charge in [-0.2, -0.15) is 0 Å². The molecule has 1 atom stereocenters. The lowest BCUT2D eigenvalue weighted by molar-refractivity contribution is 0.0704. The van der Waals surface area contributed by atoms with E-state index in [1.54, 1.807) is 11.8 Å². The fourth-order valence-corrected chi connectivity index (χ4v) is 3.66. The van der Waals surface area contributed by atoms with E-state index in [2.05, 4.69) is 4.98 Å². The molecule has 0 radical (unpaired) electrons. The fourth-order valence-electron chi connectivity index (χ4n) is 2.75. The maximum atomic E-state index is 13.5. The van der Waals surface area contributed by atoms with Crippen LogP contribution in [0.25, 0.3) is 10.4 Å². The zero-order chi connectivity index (χ0) is 16.6. The highest BCUT2D eigenvalue weighted by Crippen LogP contribution is 2.32. The molecule has 1 amide bonds. The Morgan fingerprint density at radius 1 is 1.39 bits per heavy atom. The first kappa shape index (κ1) is 16.0. The number of thiazole rings is 1. The average Bonchev–Trinajstić information content (AvgIpc) is 2.91. The molecule has 2 heterocycles. The number of benzene rings is 1. The van der Waals surface area contributed by atoms with Gasteiger partial charge in [0.1, 0.15) is 5.69 Å². The summed E-state index contributed by atoms with van der Waals surface area (Å²) >= 11 is 1.30. The van der Waals surface area contributed by atoms with Crippen molar-refractivity contribution < 1.29 is 13.6 Å². The van der Waals surface area contributed by atoms with Gasteiger partial charge in [0.2, 0.25) is 0 Å². The number of piperidine rings is 1. The predicted molar refractivity (Wildman–Crippen MR) is 85.3 cm³/mol. The van der Waals surface area contributed by atoms with Gasteiger partial charge in [-0.15, -0.1) is 11.3 Å². The van der Waals surface area contributed by atoms with Gasteiger partial charge in [0.05, 0.1) is 9.88 Å². The van der Waals surface area contributed by atoms with Gasteiger partial charge < -0.3 is 10.6 Å². The van der Waals surface area contributed by atoms with E-state index in [4.69, 9.17) is 5.73 Å². The summed E-state index contributed by atoms with van der Waals surface area (Å²) in [5.74, 6) is -2.05. The average molecular weight is 337 g/mol. The van der Waals surface area contributed by atoms with Crippen molar-refractivity contribution in [2.45, 2.75) is 25.8 Å². The Hall–Kier alpha value is -1.86. The molecule has 122 valence electrons. The Labute approximate surface area is 136 Å². The molecule has 2 aromatic rings. The highest BCUT2D eigenvalue weighted by atomic mass is 32.1. The molecule has 1 saturated heterocycles. The topological polar surface area (TPSA) is 59.2 Å². The molecule has 1 aliphatic rings. The van der Waals surface area contributed by atoms with Crippen LogP contribution in [-0.4, -0.2) is 34.9 Å². The molecule has 0 aliphatic carbocycles. The Kier molecular flexibility index (Phi) is 4.41. The van der Waals surface area contributed by atoms with E-state index in [0.717, 1.165) is 25.0 Å². The summed E-state index contributed by atoms with van der Waals surface area (Å²) in [7, 11) is 0. The lowest BCUT2D eigenvalue weighted by atomic mass is 10.1. The normalized spacial score (nSPS) is 18.3. The van der Waals surface area contributed by atoms with Crippen molar-refractivity contribution in [2.75, 3.05) is 13.1 Å². The number of rotatable bonds is 2. The molecular formula is C16H17F2N3OS. The summed E-state index contributed by atoms with van der Waals surface area (Å²) in [6.45, 7) is 2.92. The van der Waals surface area contributed by atoms with Crippen LogP contribution in [0.4, 0.5) is 8.78 Å². The second-order valence-electron chi connectivity index (χ2n) is 5.69. The van der Waals surface area contributed by atoms with Gasteiger partial charge in [0, 0.05) is 19.1 Å². The van der Waals surface area contributed by atoms with Crippen LogP contribution >= 0.6 is 11.3 Å². The number of hydrogen-bond donors (Lipinski definition) is 1. The van der Waals surface area contributed by atoms with Crippen molar-refractivity contribution in [3.8, 4) is 10.4 Å².